The molecular weight excluding hydrogens is 194 g/mol. The van der Waals surface area contributed by atoms with Crippen molar-refractivity contribution in [1.82, 2.24) is 5.06 Å². The van der Waals surface area contributed by atoms with Crippen LogP contribution in [0.25, 0.3) is 0 Å². The Kier molecular flexibility index (Phi) is 4.00. The molecule has 0 aliphatic carbocycles. The van der Waals surface area contributed by atoms with Gasteiger partial charge in [-0.25, -0.2) is 5.06 Å². The maximum Gasteiger partial charge on any atom is 0.277 e. The van der Waals surface area contributed by atoms with Crippen molar-refractivity contribution >= 4 is 12.2 Å². The first-order valence-electron chi connectivity index (χ1n) is 4.66. The quantitative estimate of drug-likeness (QED) is 0.555. The van der Waals surface area contributed by atoms with Crippen molar-refractivity contribution in [1.29, 1.82) is 0 Å². The van der Waals surface area contributed by atoms with E-state index >= 15 is 0 Å². The third-order valence-electron chi connectivity index (χ3n) is 1.93. The lowest BCUT2D eigenvalue weighted by atomic mass is 10.1. The molecule has 4 nitrogen and oxygen atoms in total. The van der Waals surface area contributed by atoms with Crippen molar-refractivity contribution in [3.05, 3.63) is 35.4 Å². The van der Waals surface area contributed by atoms with Crippen molar-refractivity contribution in [2.24, 2.45) is 0 Å². The number of hydrogen-bond acceptors (Lipinski definition) is 3. The molecule has 80 valence electrons. The highest BCUT2D eigenvalue weighted by Crippen LogP contribution is 2.09. The Morgan fingerprint density at radius 2 is 2.13 bits per heavy atom. The number of carbonyl (C=O) groups is 2. The first kappa shape index (κ1) is 11.4. The van der Waals surface area contributed by atoms with Gasteiger partial charge >= 0.3 is 0 Å². The van der Waals surface area contributed by atoms with E-state index in [1.165, 1.54) is 7.05 Å². The van der Waals surface area contributed by atoms with Crippen LogP contribution >= 0.6 is 0 Å². The minimum absolute atomic E-state index is 0.320. The van der Waals surface area contributed by atoms with Crippen molar-refractivity contribution < 1.29 is 14.4 Å². The monoisotopic (exact) mass is 207 g/mol. The summed E-state index contributed by atoms with van der Waals surface area (Å²) in [6.07, 6.45) is 0.660. The van der Waals surface area contributed by atoms with Crippen LogP contribution in [0.15, 0.2) is 24.3 Å². The average molecular weight is 207 g/mol. The number of benzene rings is 1. The second kappa shape index (κ2) is 5.26. The summed E-state index contributed by atoms with van der Waals surface area (Å²) in [5, 5.41) is 1.13. The van der Waals surface area contributed by atoms with Gasteiger partial charge in [0.1, 0.15) is 0 Å². The zero-order valence-electron chi connectivity index (χ0n) is 8.77. The fourth-order valence-corrected chi connectivity index (χ4v) is 1.22. The molecule has 0 spiro atoms. The van der Waals surface area contributed by atoms with Crippen LogP contribution in [0.4, 0.5) is 0 Å². The molecule has 0 aromatic heterocycles. The molecule has 0 unspecified atom stereocenters. The van der Waals surface area contributed by atoms with Crippen molar-refractivity contribution in [2.75, 3.05) is 13.7 Å². The number of hydrogen-bond donors (Lipinski definition) is 0. The van der Waals surface area contributed by atoms with E-state index < -0.39 is 0 Å². The molecule has 1 aromatic rings. The molecule has 0 atom stereocenters. The summed E-state index contributed by atoms with van der Waals surface area (Å²) in [6, 6.07) is 6.61. The fraction of sp³-hybridized carbons (Fsp3) is 0.273. The van der Waals surface area contributed by atoms with E-state index in [2.05, 4.69) is 0 Å². The van der Waals surface area contributed by atoms with Gasteiger partial charge in [0.25, 0.3) is 5.91 Å². The highest BCUT2D eigenvalue weighted by atomic mass is 16.7. The molecule has 4 heteroatoms. The molecule has 0 aliphatic heterocycles. The van der Waals surface area contributed by atoms with Crippen LogP contribution in [0.1, 0.15) is 27.6 Å². The molecular formula is C11H13NO3. The lowest BCUT2D eigenvalue weighted by Gasteiger charge is -2.16. The summed E-state index contributed by atoms with van der Waals surface area (Å²) in [5.74, 6) is -0.320. The number of amides is 1. The summed E-state index contributed by atoms with van der Waals surface area (Å²) in [5.41, 5.74) is 0.720. The van der Waals surface area contributed by atoms with Crippen molar-refractivity contribution in [3.8, 4) is 0 Å². The van der Waals surface area contributed by atoms with Gasteiger partial charge in [0, 0.05) is 12.6 Å². The molecule has 0 N–H and O–H groups in total. The summed E-state index contributed by atoms with van der Waals surface area (Å²) in [4.78, 5) is 27.5. The lowest BCUT2D eigenvalue weighted by molar-refractivity contribution is -0.100. The highest BCUT2D eigenvalue weighted by Gasteiger charge is 2.14. The first-order valence-corrected chi connectivity index (χ1v) is 4.66. The van der Waals surface area contributed by atoms with Crippen LogP contribution < -0.4 is 0 Å². The normalized spacial score (nSPS) is 9.73. The van der Waals surface area contributed by atoms with Crippen molar-refractivity contribution in [2.45, 2.75) is 6.92 Å². The van der Waals surface area contributed by atoms with Gasteiger partial charge in [-0.15, -0.1) is 0 Å². The van der Waals surface area contributed by atoms with Crippen LogP contribution in [0.5, 0.6) is 0 Å². The Labute approximate surface area is 88.4 Å². The SMILES string of the molecule is CCON(C)C(=O)c1ccccc1C=O. The molecule has 0 bridgehead atoms. The summed E-state index contributed by atoms with van der Waals surface area (Å²) >= 11 is 0. The minimum atomic E-state index is -0.320. The smallest absolute Gasteiger partial charge is 0.277 e. The Morgan fingerprint density at radius 3 is 2.73 bits per heavy atom. The molecule has 1 aromatic carbocycles. The van der Waals surface area contributed by atoms with Crippen LogP contribution in [-0.4, -0.2) is 30.9 Å². The topological polar surface area (TPSA) is 46.6 Å². The summed E-state index contributed by atoms with van der Waals surface area (Å²) in [7, 11) is 1.52. The van der Waals surface area contributed by atoms with Crippen molar-refractivity contribution in [3.63, 3.8) is 0 Å². The molecule has 1 rings (SSSR count). The molecule has 1 amide bonds. The summed E-state index contributed by atoms with van der Waals surface area (Å²) < 4.78 is 0. The van der Waals surface area contributed by atoms with Gasteiger partial charge in [-0.05, 0) is 13.0 Å². The second-order valence-corrected chi connectivity index (χ2v) is 2.93. The van der Waals surface area contributed by atoms with Gasteiger partial charge in [0.05, 0.1) is 12.2 Å². The van der Waals surface area contributed by atoms with Crippen LogP contribution in [0.2, 0.25) is 0 Å². The van der Waals surface area contributed by atoms with Crippen LogP contribution in [-0.2, 0) is 4.84 Å². The third-order valence-corrected chi connectivity index (χ3v) is 1.93. The predicted molar refractivity (Wildman–Crippen MR) is 55.5 cm³/mol. The fourth-order valence-electron chi connectivity index (χ4n) is 1.22. The Morgan fingerprint density at radius 1 is 1.47 bits per heavy atom. The number of hydroxylamine groups is 2. The molecule has 15 heavy (non-hydrogen) atoms. The lowest BCUT2D eigenvalue weighted by Crippen LogP contribution is -2.27. The minimum Gasteiger partial charge on any atom is -0.298 e. The Balaban J connectivity index is 2.95. The van der Waals surface area contributed by atoms with E-state index in [1.54, 1.807) is 31.2 Å². The Bertz CT molecular complexity index is 363. The van der Waals surface area contributed by atoms with E-state index in [4.69, 9.17) is 4.84 Å². The van der Waals surface area contributed by atoms with Gasteiger partial charge in [-0.1, -0.05) is 18.2 Å². The van der Waals surface area contributed by atoms with E-state index in [0.717, 1.165) is 5.06 Å². The largest absolute Gasteiger partial charge is 0.298 e. The van der Waals surface area contributed by atoms with E-state index in [0.29, 0.717) is 24.0 Å². The first-order chi connectivity index (χ1) is 7.20. The molecule has 0 aliphatic rings. The van der Waals surface area contributed by atoms with Gasteiger partial charge in [0.2, 0.25) is 0 Å². The van der Waals surface area contributed by atoms with Gasteiger partial charge in [-0.3, -0.25) is 14.4 Å². The molecule has 0 fully saturated rings. The van der Waals surface area contributed by atoms with E-state index in [1.807, 2.05) is 0 Å². The number of carbonyl (C=O) groups excluding carboxylic acids is 2. The maximum absolute atomic E-state index is 11.8. The van der Waals surface area contributed by atoms with Crippen LogP contribution in [0.3, 0.4) is 0 Å². The standard InChI is InChI=1S/C11H13NO3/c1-3-15-12(2)11(14)10-7-5-4-6-9(10)8-13/h4-8H,3H2,1-2H3. The zero-order valence-corrected chi connectivity index (χ0v) is 8.77. The average Bonchev–Trinajstić information content (AvgIpc) is 2.28. The number of rotatable bonds is 4. The number of nitrogens with zero attached hydrogens (tertiary/aromatic N) is 1. The number of aldehydes is 1. The molecule has 0 saturated carbocycles. The van der Waals surface area contributed by atoms with Crippen LogP contribution in [0, 0.1) is 0 Å². The van der Waals surface area contributed by atoms with Gasteiger partial charge < -0.3 is 0 Å². The molecule has 0 saturated heterocycles. The highest BCUT2D eigenvalue weighted by molar-refractivity contribution is 6.00. The van der Waals surface area contributed by atoms with E-state index in [9.17, 15) is 9.59 Å². The van der Waals surface area contributed by atoms with Gasteiger partial charge in [-0.2, -0.15) is 0 Å². The second-order valence-electron chi connectivity index (χ2n) is 2.93. The van der Waals surface area contributed by atoms with E-state index in [-0.39, 0.29) is 5.91 Å². The third kappa shape index (κ3) is 2.63. The molecule has 0 heterocycles. The van der Waals surface area contributed by atoms with Gasteiger partial charge in [0.15, 0.2) is 6.29 Å². The molecule has 0 radical (unpaired) electrons. The maximum atomic E-state index is 11.8. The predicted octanol–water partition coefficient (Wildman–Crippen LogP) is 1.52. The summed E-state index contributed by atoms with van der Waals surface area (Å²) in [6.45, 7) is 2.20. The Hall–Kier alpha value is -1.68. The zero-order chi connectivity index (χ0) is 11.3.